The van der Waals surface area contributed by atoms with Crippen LogP contribution < -0.4 is 0 Å². The zero-order valence-corrected chi connectivity index (χ0v) is 13.4. The summed E-state index contributed by atoms with van der Waals surface area (Å²) in [7, 11) is 0. The number of carbonyl (C=O) groups is 1. The molecular formula is C15H16ClNO2S. The summed E-state index contributed by atoms with van der Waals surface area (Å²) >= 11 is 7.25. The predicted octanol–water partition coefficient (Wildman–Crippen LogP) is 4.95. The second-order valence-corrected chi connectivity index (χ2v) is 6.66. The fraction of sp³-hybridized carbons (Fsp3) is 0.333. The summed E-state index contributed by atoms with van der Waals surface area (Å²) in [6.45, 7) is 5.61. The lowest BCUT2D eigenvalue weighted by Crippen LogP contribution is -2.21. The molecule has 20 heavy (non-hydrogen) atoms. The minimum atomic E-state index is -0.487. The Morgan fingerprint density at radius 3 is 2.35 bits per heavy atom. The molecule has 5 heteroatoms. The van der Waals surface area contributed by atoms with Gasteiger partial charge in [-0.15, -0.1) is 0 Å². The molecule has 0 aliphatic heterocycles. The maximum absolute atomic E-state index is 12.4. The van der Waals surface area contributed by atoms with Gasteiger partial charge in [-0.05, 0) is 30.5 Å². The average molecular weight is 310 g/mol. The van der Waals surface area contributed by atoms with E-state index < -0.39 is 5.41 Å². The lowest BCUT2D eigenvalue weighted by Gasteiger charge is -2.14. The second-order valence-electron chi connectivity index (χ2n) is 5.45. The summed E-state index contributed by atoms with van der Waals surface area (Å²) in [5, 5.41) is 1.20. The molecule has 2 aromatic rings. The van der Waals surface area contributed by atoms with Gasteiger partial charge in [0.2, 0.25) is 5.89 Å². The molecule has 0 saturated carbocycles. The Bertz CT molecular complexity index is 626. The Hall–Kier alpha value is -1.26. The molecule has 0 fully saturated rings. The van der Waals surface area contributed by atoms with Crippen LogP contribution in [0.25, 0.3) is 11.5 Å². The minimum Gasteiger partial charge on any atom is -0.429 e. The lowest BCUT2D eigenvalue weighted by molar-refractivity contribution is 0.0848. The summed E-state index contributed by atoms with van der Waals surface area (Å²) < 4.78 is 5.69. The lowest BCUT2D eigenvalue weighted by atomic mass is 9.89. The first kappa shape index (κ1) is 15.1. The van der Waals surface area contributed by atoms with Gasteiger partial charge < -0.3 is 4.42 Å². The maximum Gasteiger partial charge on any atom is 0.228 e. The molecule has 1 aromatic heterocycles. The van der Waals surface area contributed by atoms with Gasteiger partial charge in [0.05, 0.1) is 0 Å². The maximum atomic E-state index is 12.4. The zero-order chi connectivity index (χ0) is 14.9. The molecule has 0 aliphatic rings. The fourth-order valence-corrected chi connectivity index (χ4v) is 2.28. The van der Waals surface area contributed by atoms with Crippen molar-refractivity contribution < 1.29 is 9.21 Å². The van der Waals surface area contributed by atoms with E-state index in [4.69, 9.17) is 16.0 Å². The van der Waals surface area contributed by atoms with Crippen molar-refractivity contribution in [2.45, 2.75) is 25.9 Å². The summed E-state index contributed by atoms with van der Waals surface area (Å²) in [4.78, 5) is 16.8. The van der Waals surface area contributed by atoms with E-state index in [0.29, 0.717) is 21.7 Å². The standard InChI is InChI=1S/C15H16ClNO2S/c1-15(2,3)12(18)11-14(20-4)19-13(17-11)9-5-7-10(16)8-6-9/h5-8H,1-4H3. The van der Waals surface area contributed by atoms with Crippen molar-refractivity contribution in [1.29, 1.82) is 0 Å². The van der Waals surface area contributed by atoms with Crippen LogP contribution in [0.15, 0.2) is 33.8 Å². The van der Waals surface area contributed by atoms with Gasteiger partial charge in [-0.25, -0.2) is 4.98 Å². The highest BCUT2D eigenvalue weighted by Gasteiger charge is 2.29. The zero-order valence-electron chi connectivity index (χ0n) is 11.9. The van der Waals surface area contributed by atoms with Gasteiger partial charge in [-0.3, -0.25) is 4.79 Å². The van der Waals surface area contributed by atoms with Gasteiger partial charge in [0, 0.05) is 16.0 Å². The molecule has 1 heterocycles. The Morgan fingerprint density at radius 1 is 1.25 bits per heavy atom. The number of nitrogens with zero attached hydrogens (tertiary/aromatic N) is 1. The molecule has 0 spiro atoms. The summed E-state index contributed by atoms with van der Waals surface area (Å²) in [6.07, 6.45) is 1.87. The van der Waals surface area contributed by atoms with Gasteiger partial charge in [-0.2, -0.15) is 0 Å². The van der Waals surface area contributed by atoms with Gasteiger partial charge in [-0.1, -0.05) is 44.1 Å². The third-order valence-electron chi connectivity index (χ3n) is 2.77. The third-order valence-corrected chi connectivity index (χ3v) is 3.67. The normalized spacial score (nSPS) is 11.7. The molecule has 0 atom stereocenters. The van der Waals surface area contributed by atoms with Crippen LogP contribution in [0.3, 0.4) is 0 Å². The van der Waals surface area contributed by atoms with Gasteiger partial charge in [0.1, 0.15) is 0 Å². The highest BCUT2D eigenvalue weighted by atomic mass is 35.5. The quantitative estimate of drug-likeness (QED) is 0.594. The van der Waals surface area contributed by atoms with E-state index in [1.807, 2.05) is 39.2 Å². The van der Waals surface area contributed by atoms with E-state index in [9.17, 15) is 4.79 Å². The highest BCUT2D eigenvalue weighted by molar-refractivity contribution is 7.98. The van der Waals surface area contributed by atoms with Gasteiger partial charge in [0.15, 0.2) is 16.6 Å². The molecular weight excluding hydrogens is 294 g/mol. The van der Waals surface area contributed by atoms with E-state index in [-0.39, 0.29) is 5.78 Å². The van der Waals surface area contributed by atoms with Gasteiger partial charge >= 0.3 is 0 Å². The van der Waals surface area contributed by atoms with E-state index in [0.717, 1.165) is 5.56 Å². The topological polar surface area (TPSA) is 43.1 Å². The molecule has 0 aliphatic carbocycles. The van der Waals surface area contributed by atoms with E-state index in [1.165, 1.54) is 11.8 Å². The van der Waals surface area contributed by atoms with Crippen molar-refractivity contribution in [3.63, 3.8) is 0 Å². The number of oxazole rings is 1. The highest BCUT2D eigenvalue weighted by Crippen LogP contribution is 2.32. The number of hydrogen-bond acceptors (Lipinski definition) is 4. The average Bonchev–Trinajstić information content (AvgIpc) is 2.81. The first-order chi connectivity index (χ1) is 9.32. The largest absolute Gasteiger partial charge is 0.429 e. The smallest absolute Gasteiger partial charge is 0.228 e. The monoisotopic (exact) mass is 309 g/mol. The summed E-state index contributed by atoms with van der Waals surface area (Å²) in [5.74, 6) is 0.421. The fourth-order valence-electron chi connectivity index (χ4n) is 1.66. The molecule has 0 radical (unpaired) electrons. The van der Waals surface area contributed by atoms with Crippen LogP contribution in [0.2, 0.25) is 5.02 Å². The first-order valence-corrected chi connectivity index (χ1v) is 7.79. The number of rotatable bonds is 3. The van der Waals surface area contributed by atoms with Crippen LogP contribution in [0.5, 0.6) is 0 Å². The van der Waals surface area contributed by atoms with Crippen molar-refractivity contribution >= 4 is 29.1 Å². The number of ketones is 1. The van der Waals surface area contributed by atoms with Crippen molar-refractivity contribution in [3.05, 3.63) is 35.0 Å². The third kappa shape index (κ3) is 3.07. The Morgan fingerprint density at radius 2 is 1.85 bits per heavy atom. The van der Waals surface area contributed by atoms with E-state index in [1.54, 1.807) is 12.1 Å². The van der Waals surface area contributed by atoms with Gasteiger partial charge in [0.25, 0.3) is 0 Å². The Labute approximate surface area is 127 Å². The molecule has 106 valence electrons. The molecule has 0 N–H and O–H groups in total. The van der Waals surface area contributed by atoms with Crippen molar-refractivity contribution in [1.82, 2.24) is 4.98 Å². The van der Waals surface area contributed by atoms with Crippen LogP contribution in [0, 0.1) is 5.41 Å². The predicted molar refractivity (Wildman–Crippen MR) is 82.5 cm³/mol. The minimum absolute atomic E-state index is 0.0224. The molecule has 0 saturated heterocycles. The second kappa shape index (κ2) is 5.62. The molecule has 3 nitrogen and oxygen atoms in total. The van der Waals surface area contributed by atoms with Crippen molar-refractivity contribution in [2.24, 2.45) is 5.41 Å². The number of halogens is 1. The molecule has 0 amide bonds. The van der Waals surface area contributed by atoms with Crippen LogP contribution in [-0.4, -0.2) is 17.0 Å². The van der Waals surface area contributed by atoms with Crippen molar-refractivity contribution in [2.75, 3.05) is 6.26 Å². The number of hydrogen-bond donors (Lipinski definition) is 0. The molecule has 2 rings (SSSR count). The van der Waals surface area contributed by atoms with Crippen LogP contribution in [-0.2, 0) is 0 Å². The number of Topliss-reactive ketones (excluding diaryl/α,β-unsaturated/α-hetero) is 1. The first-order valence-electron chi connectivity index (χ1n) is 6.18. The van der Waals surface area contributed by atoms with E-state index >= 15 is 0 Å². The molecule has 1 aromatic carbocycles. The number of benzene rings is 1. The Balaban J connectivity index is 2.46. The number of carbonyl (C=O) groups excluding carboxylic acids is 1. The van der Waals surface area contributed by atoms with E-state index in [2.05, 4.69) is 4.98 Å². The van der Waals surface area contributed by atoms with Crippen molar-refractivity contribution in [3.8, 4) is 11.5 Å². The number of aromatic nitrogens is 1. The summed E-state index contributed by atoms with van der Waals surface area (Å²) in [5.41, 5.74) is 0.714. The SMILES string of the molecule is CSc1oc(-c2ccc(Cl)cc2)nc1C(=O)C(C)(C)C. The number of thioether (sulfide) groups is 1. The molecule has 0 unspecified atom stereocenters. The molecule has 0 bridgehead atoms. The summed E-state index contributed by atoms with van der Waals surface area (Å²) in [6, 6.07) is 7.18. The van der Waals surface area contributed by atoms with Crippen LogP contribution in [0.4, 0.5) is 0 Å². The Kier molecular flexibility index (Phi) is 4.25. The van der Waals surface area contributed by atoms with Crippen LogP contribution in [0.1, 0.15) is 31.3 Å². The van der Waals surface area contributed by atoms with Crippen LogP contribution >= 0.6 is 23.4 Å².